The zero-order valence-corrected chi connectivity index (χ0v) is 41.1. The van der Waals surface area contributed by atoms with Crippen molar-refractivity contribution in [1.82, 2.24) is 0 Å². The van der Waals surface area contributed by atoms with E-state index in [2.05, 4.69) is 301 Å². The molecule has 0 heterocycles. The molecule has 2 heteroatoms. The highest BCUT2D eigenvalue weighted by atomic mass is 15.1. The van der Waals surface area contributed by atoms with Gasteiger partial charge < -0.3 is 9.80 Å². The van der Waals surface area contributed by atoms with Gasteiger partial charge in [-0.3, -0.25) is 0 Å². The van der Waals surface area contributed by atoms with Gasteiger partial charge in [0.05, 0.1) is 5.41 Å². The molecule has 2 aliphatic rings. The topological polar surface area (TPSA) is 6.48 Å². The van der Waals surface area contributed by atoms with E-state index in [1.165, 1.54) is 99.1 Å². The maximum atomic E-state index is 2.45. The molecule has 2 nitrogen and oxygen atoms in total. The van der Waals surface area contributed by atoms with E-state index in [0.29, 0.717) is 0 Å². The zero-order chi connectivity index (χ0) is 49.5. The van der Waals surface area contributed by atoms with Crippen LogP contribution < -0.4 is 9.80 Å². The Balaban J connectivity index is 0.963. The first-order valence-electron chi connectivity index (χ1n) is 26.0. The summed E-state index contributed by atoms with van der Waals surface area (Å²) in [5.74, 6) is 0. The number of para-hydroxylation sites is 2. The van der Waals surface area contributed by atoms with E-state index in [0.717, 1.165) is 34.1 Å². The predicted molar refractivity (Wildman–Crippen MR) is 315 cm³/mol. The van der Waals surface area contributed by atoms with Gasteiger partial charge in [-0.1, -0.05) is 218 Å². The molecule has 13 aromatic carbocycles. The lowest BCUT2D eigenvalue weighted by Crippen LogP contribution is -2.26. The molecule has 0 saturated heterocycles. The molecule has 13 aromatic rings. The highest BCUT2D eigenvalue weighted by Gasteiger charge is 2.53. The molecule has 0 bridgehead atoms. The summed E-state index contributed by atoms with van der Waals surface area (Å²) in [6.07, 6.45) is 0. The molecular weight excluding hydrogens is 905 g/mol. The van der Waals surface area contributed by atoms with Crippen LogP contribution in [-0.2, 0) is 5.41 Å². The van der Waals surface area contributed by atoms with Crippen molar-refractivity contribution >= 4 is 66.4 Å². The Labute approximate surface area is 437 Å². The number of nitrogens with zero attached hydrogens (tertiary/aromatic N) is 2. The summed E-state index contributed by atoms with van der Waals surface area (Å²) in [7, 11) is 0. The van der Waals surface area contributed by atoms with Gasteiger partial charge in [-0.05, 0) is 172 Å². The van der Waals surface area contributed by atoms with E-state index >= 15 is 0 Å². The third kappa shape index (κ3) is 6.66. The third-order valence-electron chi connectivity index (χ3n) is 15.9. The smallest absolute Gasteiger partial charge is 0.0737 e. The van der Waals surface area contributed by atoms with Crippen LogP contribution in [0.25, 0.3) is 76.8 Å². The Kier molecular flexibility index (Phi) is 9.83. The molecule has 75 heavy (non-hydrogen) atoms. The van der Waals surface area contributed by atoms with Crippen molar-refractivity contribution < 1.29 is 0 Å². The molecule has 0 aromatic heterocycles. The second kappa shape index (κ2) is 17.2. The monoisotopic (exact) mass is 952 g/mol. The minimum absolute atomic E-state index is 0.616. The maximum Gasteiger partial charge on any atom is 0.0737 e. The molecule has 0 amide bonds. The fourth-order valence-corrected chi connectivity index (χ4v) is 12.8. The number of rotatable bonds is 8. The van der Waals surface area contributed by atoms with Gasteiger partial charge in [-0.15, -0.1) is 0 Å². The van der Waals surface area contributed by atoms with Gasteiger partial charge in [0.1, 0.15) is 0 Å². The summed E-state index contributed by atoms with van der Waals surface area (Å²) >= 11 is 0. The number of hydrogen-bond donors (Lipinski definition) is 0. The molecule has 0 radical (unpaired) electrons. The van der Waals surface area contributed by atoms with Gasteiger partial charge in [-0.25, -0.2) is 0 Å². The lowest BCUT2D eigenvalue weighted by molar-refractivity contribution is 0.810. The fraction of sp³-hybridized carbons (Fsp3) is 0.0137. The van der Waals surface area contributed by atoms with E-state index in [-0.39, 0.29) is 0 Å². The second-order valence-electron chi connectivity index (χ2n) is 20.0. The lowest BCUT2D eigenvalue weighted by Gasteiger charge is -2.33. The molecule has 15 rings (SSSR count). The average molecular weight is 953 g/mol. The largest absolute Gasteiger partial charge is 0.310 e. The van der Waals surface area contributed by atoms with E-state index in [4.69, 9.17) is 0 Å². The van der Waals surface area contributed by atoms with Crippen molar-refractivity contribution in [1.29, 1.82) is 0 Å². The normalized spacial score (nSPS) is 12.6. The second-order valence-corrected chi connectivity index (χ2v) is 20.0. The first kappa shape index (κ1) is 42.9. The SMILES string of the molecule is c1ccc(-c2cccc(N(c3ccccc3)c3ccc4c5c(ccc4c3)-c3ccc4cc(N(c6ccccc6)c6cccc(-c7ccccc7)c6)ccc4c3C53c4ccccc4-c4c3ccc3ccccc43)c2)cc1. The van der Waals surface area contributed by atoms with Crippen LogP contribution in [0.3, 0.4) is 0 Å². The molecule has 0 aliphatic heterocycles. The van der Waals surface area contributed by atoms with Crippen LogP contribution in [0.2, 0.25) is 0 Å². The standard InChI is InChI=1S/C73H48N2/c1-5-19-49(20-6-1)52-24-17-30-58(45-52)74(56-26-9-3-10-27-56)60-38-42-63-54(47-60)35-40-65-66-41-36-55-48-61(75(57-28-11-4-12-29-57)59-31-18-25-53(46-59)50-21-7-2-8-22-50)39-43-64(55)72(66)73(71(63)65)68-34-16-15-33-67(68)70-62-32-14-13-23-51(62)37-44-69(70)73/h1-48H. The van der Waals surface area contributed by atoms with Crippen LogP contribution >= 0.6 is 0 Å². The minimum Gasteiger partial charge on any atom is -0.310 e. The molecule has 0 saturated carbocycles. The predicted octanol–water partition coefficient (Wildman–Crippen LogP) is 19.8. The molecular formula is C73H48N2. The zero-order valence-electron chi connectivity index (χ0n) is 41.1. The summed E-state index contributed by atoms with van der Waals surface area (Å²) in [6, 6.07) is 108. The molecule has 0 unspecified atom stereocenters. The first-order chi connectivity index (χ1) is 37.2. The Morgan fingerprint density at radius 1 is 0.227 bits per heavy atom. The van der Waals surface area contributed by atoms with Crippen LogP contribution in [0.4, 0.5) is 34.1 Å². The van der Waals surface area contributed by atoms with Crippen molar-refractivity contribution in [3.8, 4) is 44.5 Å². The molecule has 2 aliphatic carbocycles. The number of fused-ring (bicyclic) bond motifs is 16. The van der Waals surface area contributed by atoms with Crippen LogP contribution in [0, 0.1) is 0 Å². The summed E-state index contributed by atoms with van der Waals surface area (Å²) in [6.45, 7) is 0. The Bertz CT molecular complexity index is 4140. The van der Waals surface area contributed by atoms with E-state index in [1.54, 1.807) is 0 Å². The molecule has 1 spiro atoms. The van der Waals surface area contributed by atoms with Gasteiger partial charge in [0.25, 0.3) is 0 Å². The highest BCUT2D eigenvalue weighted by Crippen LogP contribution is 2.66. The van der Waals surface area contributed by atoms with E-state index in [9.17, 15) is 0 Å². The number of anilines is 6. The Morgan fingerprint density at radius 2 is 0.653 bits per heavy atom. The first-order valence-corrected chi connectivity index (χ1v) is 26.0. The summed E-state index contributed by atoms with van der Waals surface area (Å²) in [4.78, 5) is 4.80. The van der Waals surface area contributed by atoms with Crippen molar-refractivity contribution in [2.24, 2.45) is 0 Å². The summed E-state index contributed by atoms with van der Waals surface area (Å²) in [5, 5.41) is 7.45. The highest BCUT2D eigenvalue weighted by molar-refractivity contribution is 6.13. The fourth-order valence-electron chi connectivity index (χ4n) is 12.8. The Morgan fingerprint density at radius 3 is 1.20 bits per heavy atom. The quantitative estimate of drug-likeness (QED) is 0.150. The Hall–Kier alpha value is -9.76. The maximum absolute atomic E-state index is 2.45. The van der Waals surface area contributed by atoms with Gasteiger partial charge in [0, 0.05) is 34.1 Å². The lowest BCUT2D eigenvalue weighted by atomic mass is 9.68. The van der Waals surface area contributed by atoms with Crippen LogP contribution in [0.5, 0.6) is 0 Å². The van der Waals surface area contributed by atoms with Crippen molar-refractivity contribution in [2.45, 2.75) is 5.41 Å². The third-order valence-corrected chi connectivity index (χ3v) is 15.9. The summed E-state index contributed by atoms with van der Waals surface area (Å²) in [5.41, 5.74) is 21.4. The summed E-state index contributed by atoms with van der Waals surface area (Å²) < 4.78 is 0. The molecule has 0 fully saturated rings. The molecule has 0 atom stereocenters. The van der Waals surface area contributed by atoms with Crippen LogP contribution in [0.15, 0.2) is 291 Å². The van der Waals surface area contributed by atoms with Gasteiger partial charge in [-0.2, -0.15) is 0 Å². The molecule has 350 valence electrons. The van der Waals surface area contributed by atoms with Gasteiger partial charge in [0.2, 0.25) is 0 Å². The number of benzene rings is 13. The van der Waals surface area contributed by atoms with Crippen LogP contribution in [-0.4, -0.2) is 0 Å². The van der Waals surface area contributed by atoms with Crippen molar-refractivity contribution in [2.75, 3.05) is 9.80 Å². The van der Waals surface area contributed by atoms with E-state index in [1.807, 2.05) is 0 Å². The van der Waals surface area contributed by atoms with Crippen molar-refractivity contribution in [3.63, 3.8) is 0 Å². The van der Waals surface area contributed by atoms with E-state index < -0.39 is 5.41 Å². The van der Waals surface area contributed by atoms with Gasteiger partial charge in [0.15, 0.2) is 0 Å². The minimum atomic E-state index is -0.616. The van der Waals surface area contributed by atoms with Crippen LogP contribution in [0.1, 0.15) is 22.3 Å². The van der Waals surface area contributed by atoms with Gasteiger partial charge >= 0.3 is 0 Å². The van der Waals surface area contributed by atoms with Crippen molar-refractivity contribution in [3.05, 3.63) is 313 Å². The molecule has 0 N–H and O–H groups in total. The number of hydrogen-bond acceptors (Lipinski definition) is 2. The average Bonchev–Trinajstić information content (AvgIpc) is 4.13.